The summed E-state index contributed by atoms with van der Waals surface area (Å²) in [5.74, 6) is 0.524. The van der Waals surface area contributed by atoms with Crippen molar-refractivity contribution in [1.29, 1.82) is 0 Å². The van der Waals surface area contributed by atoms with Gasteiger partial charge in [-0.05, 0) is 36.5 Å². The predicted octanol–water partition coefficient (Wildman–Crippen LogP) is 2.59. The van der Waals surface area contributed by atoms with Crippen molar-refractivity contribution in [2.75, 3.05) is 19.4 Å². The SMILES string of the molecule is COc1ccc(N)c(C(=O)NCC2(C)CCCC2)c1. The number of anilines is 1. The zero-order chi connectivity index (χ0) is 13.9. The highest BCUT2D eigenvalue weighted by molar-refractivity contribution is 5.99. The lowest BCUT2D eigenvalue weighted by Gasteiger charge is -2.23. The minimum Gasteiger partial charge on any atom is -0.497 e. The van der Waals surface area contributed by atoms with Crippen molar-refractivity contribution in [3.05, 3.63) is 23.8 Å². The second kappa shape index (κ2) is 5.51. The number of rotatable bonds is 4. The lowest BCUT2D eigenvalue weighted by molar-refractivity contribution is 0.0935. The average molecular weight is 262 g/mol. The molecule has 1 aromatic rings. The van der Waals surface area contributed by atoms with E-state index in [0.29, 0.717) is 23.5 Å². The first-order valence-corrected chi connectivity index (χ1v) is 6.76. The zero-order valence-corrected chi connectivity index (χ0v) is 11.7. The molecule has 0 saturated heterocycles. The van der Waals surface area contributed by atoms with E-state index in [1.165, 1.54) is 25.7 Å². The van der Waals surface area contributed by atoms with Crippen LogP contribution in [0.15, 0.2) is 18.2 Å². The van der Waals surface area contributed by atoms with E-state index in [2.05, 4.69) is 12.2 Å². The summed E-state index contributed by atoms with van der Waals surface area (Å²) in [7, 11) is 1.58. The maximum atomic E-state index is 12.2. The number of nitrogens with one attached hydrogen (secondary N) is 1. The lowest BCUT2D eigenvalue weighted by Crippen LogP contribution is -2.34. The molecular formula is C15H22N2O2. The standard InChI is InChI=1S/C15H22N2O2/c1-15(7-3-4-8-15)10-17-14(18)12-9-11(19-2)5-6-13(12)16/h5-6,9H,3-4,7-8,10,16H2,1-2H3,(H,17,18). The fourth-order valence-corrected chi connectivity index (χ4v) is 2.65. The number of benzene rings is 1. The molecule has 1 aliphatic rings. The predicted molar refractivity (Wildman–Crippen MR) is 76.3 cm³/mol. The van der Waals surface area contributed by atoms with Crippen molar-refractivity contribution in [1.82, 2.24) is 5.32 Å². The number of carbonyl (C=O) groups excluding carboxylic acids is 1. The highest BCUT2D eigenvalue weighted by Crippen LogP contribution is 2.36. The number of ether oxygens (including phenoxy) is 1. The second-order valence-electron chi connectivity index (χ2n) is 5.65. The van der Waals surface area contributed by atoms with E-state index in [-0.39, 0.29) is 11.3 Å². The van der Waals surface area contributed by atoms with Gasteiger partial charge >= 0.3 is 0 Å². The van der Waals surface area contributed by atoms with Crippen LogP contribution in [-0.2, 0) is 0 Å². The van der Waals surface area contributed by atoms with Crippen LogP contribution in [0.4, 0.5) is 5.69 Å². The number of nitrogens with two attached hydrogens (primary N) is 1. The van der Waals surface area contributed by atoms with Crippen molar-refractivity contribution < 1.29 is 9.53 Å². The van der Waals surface area contributed by atoms with Gasteiger partial charge in [-0.1, -0.05) is 19.8 Å². The highest BCUT2D eigenvalue weighted by atomic mass is 16.5. The molecule has 1 amide bonds. The van der Waals surface area contributed by atoms with E-state index in [0.717, 1.165) is 0 Å². The van der Waals surface area contributed by atoms with Crippen LogP contribution < -0.4 is 15.8 Å². The monoisotopic (exact) mass is 262 g/mol. The number of amides is 1. The summed E-state index contributed by atoms with van der Waals surface area (Å²) in [5, 5.41) is 3.00. The van der Waals surface area contributed by atoms with E-state index in [1.54, 1.807) is 25.3 Å². The van der Waals surface area contributed by atoms with Gasteiger partial charge in [-0.15, -0.1) is 0 Å². The molecule has 1 fully saturated rings. The number of carbonyl (C=O) groups is 1. The first kappa shape index (κ1) is 13.7. The van der Waals surface area contributed by atoms with Crippen LogP contribution in [0.5, 0.6) is 5.75 Å². The summed E-state index contributed by atoms with van der Waals surface area (Å²) in [5.41, 5.74) is 7.05. The molecular weight excluding hydrogens is 240 g/mol. The molecule has 3 N–H and O–H groups in total. The van der Waals surface area contributed by atoms with E-state index < -0.39 is 0 Å². The largest absolute Gasteiger partial charge is 0.497 e. The molecule has 0 spiro atoms. The molecule has 0 bridgehead atoms. The summed E-state index contributed by atoms with van der Waals surface area (Å²) in [4.78, 5) is 12.2. The molecule has 1 saturated carbocycles. The molecule has 0 atom stereocenters. The number of methoxy groups -OCH3 is 1. The molecule has 0 unspecified atom stereocenters. The van der Waals surface area contributed by atoms with Gasteiger partial charge in [0.2, 0.25) is 0 Å². The summed E-state index contributed by atoms with van der Waals surface area (Å²) in [6, 6.07) is 5.14. The van der Waals surface area contributed by atoms with Gasteiger partial charge in [-0.2, -0.15) is 0 Å². The summed E-state index contributed by atoms with van der Waals surface area (Å²) < 4.78 is 5.12. The van der Waals surface area contributed by atoms with Crippen molar-refractivity contribution >= 4 is 11.6 Å². The Labute approximate surface area is 114 Å². The Hall–Kier alpha value is -1.71. The Morgan fingerprint density at radius 1 is 1.42 bits per heavy atom. The van der Waals surface area contributed by atoms with Crippen LogP contribution in [0.25, 0.3) is 0 Å². The molecule has 1 aliphatic carbocycles. The Morgan fingerprint density at radius 3 is 2.74 bits per heavy atom. The third-order valence-electron chi connectivity index (χ3n) is 3.99. The van der Waals surface area contributed by atoms with E-state index >= 15 is 0 Å². The van der Waals surface area contributed by atoms with Gasteiger partial charge in [-0.3, -0.25) is 4.79 Å². The second-order valence-corrected chi connectivity index (χ2v) is 5.65. The molecule has 0 aliphatic heterocycles. The number of nitrogen functional groups attached to an aromatic ring is 1. The van der Waals surface area contributed by atoms with E-state index in [1.807, 2.05) is 0 Å². The average Bonchev–Trinajstić information content (AvgIpc) is 2.84. The first-order chi connectivity index (χ1) is 9.04. The molecule has 4 nitrogen and oxygen atoms in total. The molecule has 1 aromatic carbocycles. The highest BCUT2D eigenvalue weighted by Gasteiger charge is 2.29. The van der Waals surface area contributed by atoms with Crippen LogP contribution in [0.3, 0.4) is 0 Å². The molecule has 19 heavy (non-hydrogen) atoms. The van der Waals surface area contributed by atoms with Gasteiger partial charge in [0.25, 0.3) is 5.91 Å². The van der Waals surface area contributed by atoms with Gasteiger partial charge in [0.05, 0.1) is 12.7 Å². The molecule has 0 radical (unpaired) electrons. The molecule has 0 aromatic heterocycles. The Morgan fingerprint density at radius 2 is 2.11 bits per heavy atom. The van der Waals surface area contributed by atoms with Crippen molar-refractivity contribution in [2.45, 2.75) is 32.6 Å². The molecule has 104 valence electrons. The van der Waals surface area contributed by atoms with Crippen LogP contribution in [0, 0.1) is 5.41 Å². The van der Waals surface area contributed by atoms with Gasteiger partial charge in [0.15, 0.2) is 0 Å². The smallest absolute Gasteiger partial charge is 0.253 e. The van der Waals surface area contributed by atoms with Crippen molar-refractivity contribution in [2.24, 2.45) is 5.41 Å². The van der Waals surface area contributed by atoms with Crippen molar-refractivity contribution in [3.63, 3.8) is 0 Å². The van der Waals surface area contributed by atoms with Crippen LogP contribution in [-0.4, -0.2) is 19.6 Å². The summed E-state index contributed by atoms with van der Waals surface area (Å²) in [6.07, 6.45) is 4.88. The van der Waals surface area contributed by atoms with Gasteiger partial charge in [0, 0.05) is 12.2 Å². The van der Waals surface area contributed by atoms with Crippen molar-refractivity contribution in [3.8, 4) is 5.75 Å². The summed E-state index contributed by atoms with van der Waals surface area (Å²) in [6.45, 7) is 2.94. The topological polar surface area (TPSA) is 64.3 Å². The Bertz CT molecular complexity index is 465. The minimum atomic E-state index is -0.121. The maximum absolute atomic E-state index is 12.2. The lowest BCUT2D eigenvalue weighted by atomic mass is 9.89. The third kappa shape index (κ3) is 3.19. The fraction of sp³-hybridized carbons (Fsp3) is 0.533. The van der Waals surface area contributed by atoms with Gasteiger partial charge in [-0.25, -0.2) is 0 Å². The van der Waals surface area contributed by atoms with Crippen LogP contribution in [0.1, 0.15) is 43.0 Å². The minimum absolute atomic E-state index is 0.121. The normalized spacial score (nSPS) is 17.2. The molecule has 0 heterocycles. The number of hydrogen-bond donors (Lipinski definition) is 2. The Kier molecular flexibility index (Phi) is 3.98. The molecule has 4 heteroatoms. The van der Waals surface area contributed by atoms with Crippen LogP contribution in [0.2, 0.25) is 0 Å². The quantitative estimate of drug-likeness (QED) is 0.820. The summed E-state index contributed by atoms with van der Waals surface area (Å²) >= 11 is 0. The fourth-order valence-electron chi connectivity index (χ4n) is 2.65. The number of hydrogen-bond acceptors (Lipinski definition) is 3. The van der Waals surface area contributed by atoms with E-state index in [9.17, 15) is 4.79 Å². The van der Waals surface area contributed by atoms with E-state index in [4.69, 9.17) is 10.5 Å². The van der Waals surface area contributed by atoms with Gasteiger partial charge < -0.3 is 15.8 Å². The zero-order valence-electron chi connectivity index (χ0n) is 11.7. The maximum Gasteiger partial charge on any atom is 0.253 e. The van der Waals surface area contributed by atoms with Crippen LogP contribution >= 0.6 is 0 Å². The third-order valence-corrected chi connectivity index (χ3v) is 3.99. The first-order valence-electron chi connectivity index (χ1n) is 6.76. The molecule has 2 rings (SSSR count). The van der Waals surface area contributed by atoms with Gasteiger partial charge in [0.1, 0.15) is 5.75 Å². The Balaban J connectivity index is 2.03.